The van der Waals surface area contributed by atoms with Crippen molar-refractivity contribution in [2.45, 2.75) is 25.8 Å². The minimum absolute atomic E-state index is 0.00842. The van der Waals surface area contributed by atoms with E-state index >= 15 is 0 Å². The van der Waals surface area contributed by atoms with Gasteiger partial charge >= 0.3 is 5.69 Å². The summed E-state index contributed by atoms with van der Waals surface area (Å²) >= 11 is 0. The second-order valence-corrected chi connectivity index (χ2v) is 5.53. The molecule has 6 heteroatoms. The Kier molecular flexibility index (Phi) is 5.52. The summed E-state index contributed by atoms with van der Waals surface area (Å²) in [6.07, 6.45) is 3.41. The second kappa shape index (κ2) is 7.38. The topological polar surface area (TPSA) is 84.6 Å². The van der Waals surface area contributed by atoms with E-state index in [-0.39, 0.29) is 18.0 Å². The first-order chi connectivity index (χ1) is 10.2. The molecule has 1 aromatic rings. The highest BCUT2D eigenvalue weighted by Crippen LogP contribution is 2.31. The average molecular weight is 294 g/mol. The molecule has 2 N–H and O–H groups in total. The van der Waals surface area contributed by atoms with Crippen molar-refractivity contribution in [1.82, 2.24) is 5.32 Å². The summed E-state index contributed by atoms with van der Waals surface area (Å²) in [4.78, 5) is 10.5. The molecule has 116 valence electrons. The van der Waals surface area contributed by atoms with E-state index in [1.807, 2.05) is 6.07 Å². The Morgan fingerprint density at radius 3 is 2.86 bits per heavy atom. The van der Waals surface area contributed by atoms with E-state index < -0.39 is 4.92 Å². The third-order valence-electron chi connectivity index (χ3n) is 4.23. The first kappa shape index (κ1) is 15.7. The molecule has 1 saturated carbocycles. The number of ether oxygens (including phenoxy) is 1. The molecule has 0 heterocycles. The van der Waals surface area contributed by atoms with Crippen LogP contribution in [0.4, 0.5) is 5.69 Å². The number of nitro benzene ring substituents is 1. The summed E-state index contributed by atoms with van der Waals surface area (Å²) in [6, 6.07) is 5.00. The number of nitrogens with zero attached hydrogens (tertiary/aromatic N) is 1. The average Bonchev–Trinajstić information content (AvgIpc) is 2.94. The van der Waals surface area contributed by atoms with Crippen LogP contribution < -0.4 is 10.1 Å². The van der Waals surface area contributed by atoms with Crippen LogP contribution in [0.3, 0.4) is 0 Å². The predicted octanol–water partition coefficient (Wildman–Crippen LogP) is 2.10. The van der Waals surface area contributed by atoms with Crippen molar-refractivity contribution in [3.05, 3.63) is 33.9 Å². The SMILES string of the molecule is COc1ccc(CNCC2CCCC2CO)cc1[N+](=O)[O-]. The zero-order valence-electron chi connectivity index (χ0n) is 12.2. The van der Waals surface area contributed by atoms with E-state index in [9.17, 15) is 15.2 Å². The quantitative estimate of drug-likeness (QED) is 0.594. The van der Waals surface area contributed by atoms with Crippen molar-refractivity contribution in [3.8, 4) is 5.75 Å². The van der Waals surface area contributed by atoms with E-state index in [0.717, 1.165) is 24.9 Å². The van der Waals surface area contributed by atoms with Gasteiger partial charge < -0.3 is 15.2 Å². The normalized spacial score (nSPS) is 21.4. The van der Waals surface area contributed by atoms with Gasteiger partial charge in [0.1, 0.15) is 0 Å². The fraction of sp³-hybridized carbons (Fsp3) is 0.600. The van der Waals surface area contributed by atoms with Crippen molar-refractivity contribution in [2.75, 3.05) is 20.3 Å². The third kappa shape index (κ3) is 3.92. The Bertz CT molecular complexity index is 493. The lowest BCUT2D eigenvalue weighted by Crippen LogP contribution is -2.26. The first-order valence-corrected chi connectivity index (χ1v) is 7.28. The second-order valence-electron chi connectivity index (χ2n) is 5.53. The molecule has 1 aromatic carbocycles. The van der Waals surface area contributed by atoms with E-state index in [4.69, 9.17) is 4.74 Å². The fourth-order valence-electron chi connectivity index (χ4n) is 3.01. The lowest BCUT2D eigenvalue weighted by Gasteiger charge is -2.17. The maximum atomic E-state index is 11.0. The minimum atomic E-state index is -0.429. The molecule has 0 radical (unpaired) electrons. The molecule has 2 unspecified atom stereocenters. The lowest BCUT2D eigenvalue weighted by molar-refractivity contribution is -0.385. The van der Waals surface area contributed by atoms with Gasteiger partial charge in [-0.2, -0.15) is 0 Å². The highest BCUT2D eigenvalue weighted by atomic mass is 16.6. The van der Waals surface area contributed by atoms with Crippen molar-refractivity contribution in [2.24, 2.45) is 11.8 Å². The number of methoxy groups -OCH3 is 1. The highest BCUT2D eigenvalue weighted by Gasteiger charge is 2.26. The Hall–Kier alpha value is -1.66. The Morgan fingerprint density at radius 2 is 2.19 bits per heavy atom. The molecular weight excluding hydrogens is 272 g/mol. The van der Waals surface area contributed by atoms with Gasteiger partial charge in [0.25, 0.3) is 0 Å². The van der Waals surface area contributed by atoms with Crippen LogP contribution in [0.25, 0.3) is 0 Å². The molecule has 1 fully saturated rings. The summed E-state index contributed by atoms with van der Waals surface area (Å²) in [7, 11) is 1.43. The maximum Gasteiger partial charge on any atom is 0.311 e. The van der Waals surface area contributed by atoms with Gasteiger partial charge in [0.15, 0.2) is 5.75 Å². The maximum absolute atomic E-state index is 11.0. The number of rotatable bonds is 7. The van der Waals surface area contributed by atoms with Crippen LogP contribution >= 0.6 is 0 Å². The summed E-state index contributed by atoms with van der Waals surface area (Å²) in [5.41, 5.74) is 0.854. The Morgan fingerprint density at radius 1 is 1.43 bits per heavy atom. The van der Waals surface area contributed by atoms with Crippen LogP contribution in [0, 0.1) is 22.0 Å². The molecule has 6 nitrogen and oxygen atoms in total. The number of aliphatic hydroxyl groups excluding tert-OH is 1. The highest BCUT2D eigenvalue weighted by molar-refractivity contribution is 5.48. The van der Waals surface area contributed by atoms with E-state index in [0.29, 0.717) is 18.4 Å². The molecule has 0 spiro atoms. The predicted molar refractivity (Wildman–Crippen MR) is 79.3 cm³/mol. The van der Waals surface area contributed by atoms with Gasteiger partial charge in [0.05, 0.1) is 12.0 Å². The molecule has 1 aliphatic carbocycles. The van der Waals surface area contributed by atoms with Crippen molar-refractivity contribution in [3.63, 3.8) is 0 Å². The largest absolute Gasteiger partial charge is 0.490 e. The van der Waals surface area contributed by atoms with E-state index in [1.54, 1.807) is 12.1 Å². The van der Waals surface area contributed by atoms with Crippen LogP contribution in [0.1, 0.15) is 24.8 Å². The zero-order valence-corrected chi connectivity index (χ0v) is 12.2. The molecule has 0 saturated heterocycles. The lowest BCUT2D eigenvalue weighted by atomic mass is 9.97. The van der Waals surface area contributed by atoms with Gasteiger partial charge in [0.2, 0.25) is 0 Å². The molecular formula is C15H22N2O4. The smallest absolute Gasteiger partial charge is 0.311 e. The molecule has 21 heavy (non-hydrogen) atoms. The van der Waals surface area contributed by atoms with Gasteiger partial charge in [-0.3, -0.25) is 10.1 Å². The summed E-state index contributed by atoms with van der Waals surface area (Å²) in [6.45, 7) is 1.67. The molecule has 2 atom stereocenters. The van der Waals surface area contributed by atoms with Gasteiger partial charge in [-0.1, -0.05) is 12.5 Å². The van der Waals surface area contributed by atoms with E-state index in [1.165, 1.54) is 13.5 Å². The number of hydrogen-bond donors (Lipinski definition) is 2. The molecule has 0 bridgehead atoms. The minimum Gasteiger partial charge on any atom is -0.490 e. The Labute approximate surface area is 124 Å². The van der Waals surface area contributed by atoms with Gasteiger partial charge in [-0.25, -0.2) is 0 Å². The van der Waals surface area contributed by atoms with Gasteiger partial charge in [-0.05, 0) is 42.9 Å². The Balaban J connectivity index is 1.91. The van der Waals surface area contributed by atoms with Crippen LogP contribution in [0.15, 0.2) is 18.2 Å². The van der Waals surface area contributed by atoms with Crippen LogP contribution in [0.5, 0.6) is 5.75 Å². The third-order valence-corrected chi connectivity index (χ3v) is 4.23. The molecule has 0 amide bonds. The van der Waals surface area contributed by atoms with Crippen LogP contribution in [-0.4, -0.2) is 30.3 Å². The summed E-state index contributed by atoms with van der Waals surface area (Å²) in [5.74, 6) is 1.17. The fourth-order valence-corrected chi connectivity index (χ4v) is 3.01. The first-order valence-electron chi connectivity index (χ1n) is 7.28. The number of aliphatic hydroxyl groups is 1. The van der Waals surface area contributed by atoms with Crippen LogP contribution in [-0.2, 0) is 6.54 Å². The van der Waals surface area contributed by atoms with Crippen molar-refractivity contribution >= 4 is 5.69 Å². The number of hydrogen-bond acceptors (Lipinski definition) is 5. The van der Waals surface area contributed by atoms with Gasteiger partial charge in [-0.15, -0.1) is 0 Å². The number of benzene rings is 1. The number of nitro groups is 1. The molecule has 0 aromatic heterocycles. The zero-order chi connectivity index (χ0) is 15.2. The van der Waals surface area contributed by atoms with Crippen molar-refractivity contribution < 1.29 is 14.8 Å². The summed E-state index contributed by atoms with van der Waals surface area (Å²) in [5, 5.41) is 23.6. The van der Waals surface area contributed by atoms with E-state index in [2.05, 4.69) is 5.32 Å². The van der Waals surface area contributed by atoms with Crippen molar-refractivity contribution in [1.29, 1.82) is 0 Å². The van der Waals surface area contributed by atoms with Crippen LogP contribution in [0.2, 0.25) is 0 Å². The number of nitrogens with one attached hydrogen (secondary N) is 1. The standard InChI is InChI=1S/C15H22N2O4/c1-21-15-6-5-11(7-14(15)17(19)20)8-16-9-12-3-2-4-13(12)10-18/h5-7,12-13,16,18H,2-4,8-10H2,1H3. The summed E-state index contributed by atoms with van der Waals surface area (Å²) < 4.78 is 4.99. The van der Waals surface area contributed by atoms with Gasteiger partial charge in [0, 0.05) is 19.2 Å². The molecule has 1 aliphatic rings. The monoisotopic (exact) mass is 294 g/mol. The molecule has 0 aliphatic heterocycles. The molecule has 2 rings (SSSR count).